The summed E-state index contributed by atoms with van der Waals surface area (Å²) < 4.78 is 10.1. The molecular formula is C25H20O4S. The fourth-order valence-electron chi connectivity index (χ4n) is 3.75. The van der Waals surface area contributed by atoms with Crippen molar-refractivity contribution in [3.63, 3.8) is 0 Å². The van der Waals surface area contributed by atoms with Gasteiger partial charge in [-0.1, -0.05) is 60.7 Å². The zero-order valence-electron chi connectivity index (χ0n) is 16.6. The van der Waals surface area contributed by atoms with Gasteiger partial charge in [-0.25, -0.2) is 4.79 Å². The average Bonchev–Trinajstić information content (AvgIpc) is 3.21. The van der Waals surface area contributed by atoms with E-state index in [0.717, 1.165) is 32.7 Å². The molecule has 4 nitrogen and oxygen atoms in total. The molecule has 0 N–H and O–H groups in total. The SMILES string of the molecule is COC(=O)C1=CC(c2ccccc2)=C(c2ccccc2)c2sccc2C1C(=O)OC. The first kappa shape index (κ1) is 19.9. The number of hydrogen-bond donors (Lipinski definition) is 0. The van der Waals surface area contributed by atoms with E-state index in [1.165, 1.54) is 14.2 Å². The molecule has 0 radical (unpaired) electrons. The molecule has 0 amide bonds. The Balaban J connectivity index is 2.11. The molecule has 0 saturated heterocycles. The van der Waals surface area contributed by atoms with Gasteiger partial charge in [-0.05, 0) is 39.8 Å². The zero-order valence-corrected chi connectivity index (χ0v) is 17.4. The van der Waals surface area contributed by atoms with Gasteiger partial charge in [0.05, 0.1) is 19.8 Å². The fourth-order valence-corrected chi connectivity index (χ4v) is 4.77. The van der Waals surface area contributed by atoms with Gasteiger partial charge in [0.1, 0.15) is 5.92 Å². The molecule has 4 rings (SSSR count). The second-order valence-corrected chi connectivity index (χ2v) is 7.69. The highest BCUT2D eigenvalue weighted by molar-refractivity contribution is 7.11. The number of allylic oxidation sites excluding steroid dienone is 2. The predicted molar refractivity (Wildman–Crippen MR) is 118 cm³/mol. The summed E-state index contributed by atoms with van der Waals surface area (Å²) in [6.45, 7) is 0. The molecule has 0 bridgehead atoms. The summed E-state index contributed by atoms with van der Waals surface area (Å²) in [5.74, 6) is -1.90. The van der Waals surface area contributed by atoms with E-state index in [0.29, 0.717) is 0 Å². The van der Waals surface area contributed by atoms with E-state index in [2.05, 4.69) is 0 Å². The van der Waals surface area contributed by atoms with Gasteiger partial charge in [-0.15, -0.1) is 11.3 Å². The second-order valence-electron chi connectivity index (χ2n) is 6.77. The van der Waals surface area contributed by atoms with Gasteiger partial charge in [0.25, 0.3) is 0 Å². The van der Waals surface area contributed by atoms with Crippen molar-refractivity contribution in [1.82, 2.24) is 0 Å². The summed E-state index contributed by atoms with van der Waals surface area (Å²) in [4.78, 5) is 26.5. The first-order valence-corrected chi connectivity index (χ1v) is 10.3. The largest absolute Gasteiger partial charge is 0.468 e. The second kappa shape index (κ2) is 8.51. The van der Waals surface area contributed by atoms with Crippen molar-refractivity contribution in [3.8, 4) is 0 Å². The number of hydrogen-bond acceptors (Lipinski definition) is 5. The Hall–Kier alpha value is -3.44. The molecule has 0 aliphatic heterocycles. The van der Waals surface area contributed by atoms with E-state index in [1.807, 2.05) is 72.1 Å². The smallest absolute Gasteiger partial charge is 0.334 e. The van der Waals surface area contributed by atoms with Crippen molar-refractivity contribution in [3.05, 3.63) is 105 Å². The van der Waals surface area contributed by atoms with Crippen molar-refractivity contribution in [2.24, 2.45) is 0 Å². The van der Waals surface area contributed by atoms with Crippen LogP contribution >= 0.6 is 11.3 Å². The minimum atomic E-state index is -0.858. The molecular weight excluding hydrogens is 396 g/mol. The molecule has 1 aliphatic carbocycles. The number of fused-ring (bicyclic) bond motifs is 1. The normalized spacial score (nSPS) is 15.7. The van der Waals surface area contributed by atoms with Crippen molar-refractivity contribution >= 4 is 34.4 Å². The van der Waals surface area contributed by atoms with Crippen LogP contribution in [0.3, 0.4) is 0 Å². The lowest BCUT2D eigenvalue weighted by Gasteiger charge is -2.16. The molecule has 1 atom stereocenters. The lowest BCUT2D eigenvalue weighted by atomic mass is 9.91. The van der Waals surface area contributed by atoms with Crippen LogP contribution in [0.2, 0.25) is 0 Å². The van der Waals surface area contributed by atoms with Crippen LogP contribution in [-0.4, -0.2) is 26.2 Å². The standard InChI is InChI=1S/C25H20O4S/c1-28-24(26)20-15-19(16-9-5-3-6-10-16)21(17-11-7-4-8-12-17)23-18(13-14-30-23)22(20)25(27)29-2/h3-15,22H,1-2H3. The quantitative estimate of drug-likeness (QED) is 0.557. The number of carbonyl (C=O) groups is 2. The summed E-state index contributed by atoms with van der Waals surface area (Å²) in [7, 11) is 2.65. The number of rotatable bonds is 4. The first-order chi connectivity index (χ1) is 14.7. The predicted octanol–water partition coefficient (Wildman–Crippen LogP) is 5.08. The van der Waals surface area contributed by atoms with E-state index < -0.39 is 17.9 Å². The van der Waals surface area contributed by atoms with Gasteiger partial charge in [0.15, 0.2) is 0 Å². The molecule has 1 aliphatic rings. The lowest BCUT2D eigenvalue weighted by molar-refractivity contribution is -0.144. The van der Waals surface area contributed by atoms with Crippen molar-refractivity contribution < 1.29 is 19.1 Å². The maximum atomic E-state index is 12.8. The minimum absolute atomic E-state index is 0.258. The number of esters is 2. The van der Waals surface area contributed by atoms with Gasteiger partial charge in [0.2, 0.25) is 0 Å². The summed E-state index contributed by atoms with van der Waals surface area (Å²) in [6.07, 6.45) is 1.78. The summed E-state index contributed by atoms with van der Waals surface area (Å²) in [6, 6.07) is 21.7. The third-order valence-corrected chi connectivity index (χ3v) is 6.07. The maximum Gasteiger partial charge on any atom is 0.334 e. The van der Waals surface area contributed by atoms with Crippen LogP contribution in [-0.2, 0) is 19.1 Å². The summed E-state index contributed by atoms with van der Waals surface area (Å²) >= 11 is 1.54. The number of benzene rings is 2. The Morgan fingerprint density at radius 3 is 2.07 bits per heavy atom. The Morgan fingerprint density at radius 1 is 0.833 bits per heavy atom. The van der Waals surface area contributed by atoms with Crippen LogP contribution < -0.4 is 0 Å². The molecule has 2 aromatic carbocycles. The Morgan fingerprint density at radius 2 is 1.47 bits per heavy atom. The molecule has 3 aromatic rings. The van der Waals surface area contributed by atoms with Gasteiger partial charge >= 0.3 is 11.9 Å². The van der Waals surface area contributed by atoms with Crippen LogP contribution in [0.5, 0.6) is 0 Å². The lowest BCUT2D eigenvalue weighted by Crippen LogP contribution is -2.22. The molecule has 5 heteroatoms. The highest BCUT2D eigenvalue weighted by Crippen LogP contribution is 2.45. The van der Waals surface area contributed by atoms with E-state index >= 15 is 0 Å². The van der Waals surface area contributed by atoms with E-state index in [9.17, 15) is 9.59 Å². The minimum Gasteiger partial charge on any atom is -0.468 e. The highest BCUT2D eigenvalue weighted by Gasteiger charge is 2.37. The molecule has 150 valence electrons. The molecule has 1 unspecified atom stereocenters. The van der Waals surface area contributed by atoms with E-state index in [1.54, 1.807) is 17.4 Å². The number of thiophene rings is 1. The van der Waals surface area contributed by atoms with Gasteiger partial charge < -0.3 is 9.47 Å². The van der Waals surface area contributed by atoms with Crippen LogP contribution in [0, 0.1) is 0 Å². The summed E-state index contributed by atoms with van der Waals surface area (Å²) in [5.41, 5.74) is 4.78. The van der Waals surface area contributed by atoms with E-state index in [-0.39, 0.29) is 5.57 Å². The van der Waals surface area contributed by atoms with Crippen LogP contribution in [0.4, 0.5) is 0 Å². The Kier molecular flexibility index (Phi) is 5.63. The molecule has 1 heterocycles. The molecule has 1 aromatic heterocycles. The van der Waals surface area contributed by atoms with Crippen LogP contribution in [0.1, 0.15) is 27.5 Å². The monoisotopic (exact) mass is 416 g/mol. The van der Waals surface area contributed by atoms with Gasteiger partial charge in [-0.3, -0.25) is 4.79 Å². The van der Waals surface area contributed by atoms with Crippen molar-refractivity contribution in [2.75, 3.05) is 14.2 Å². The number of ether oxygens (including phenoxy) is 2. The highest BCUT2D eigenvalue weighted by atomic mass is 32.1. The third-order valence-electron chi connectivity index (χ3n) is 5.12. The molecule has 30 heavy (non-hydrogen) atoms. The third kappa shape index (κ3) is 3.48. The fraction of sp³-hybridized carbons (Fsp3) is 0.120. The van der Waals surface area contributed by atoms with Crippen LogP contribution in [0.15, 0.2) is 83.8 Å². The summed E-state index contributed by atoms with van der Waals surface area (Å²) in [5, 5.41) is 1.94. The van der Waals surface area contributed by atoms with Crippen LogP contribution in [0.25, 0.3) is 11.1 Å². The first-order valence-electron chi connectivity index (χ1n) is 9.46. The maximum absolute atomic E-state index is 12.8. The Labute approximate surface area is 179 Å². The molecule has 0 fully saturated rings. The van der Waals surface area contributed by atoms with Gasteiger partial charge in [-0.2, -0.15) is 0 Å². The topological polar surface area (TPSA) is 52.6 Å². The molecule has 0 saturated carbocycles. The molecule has 0 spiro atoms. The van der Waals surface area contributed by atoms with Crippen molar-refractivity contribution in [2.45, 2.75) is 5.92 Å². The van der Waals surface area contributed by atoms with Gasteiger partial charge in [0, 0.05) is 10.5 Å². The average molecular weight is 416 g/mol. The van der Waals surface area contributed by atoms with Crippen molar-refractivity contribution in [1.29, 1.82) is 0 Å². The Bertz CT molecular complexity index is 1140. The number of carbonyl (C=O) groups excluding carboxylic acids is 2. The van der Waals surface area contributed by atoms with E-state index in [4.69, 9.17) is 9.47 Å². The number of methoxy groups -OCH3 is 2. The zero-order chi connectivity index (χ0) is 21.1.